The highest BCUT2D eigenvalue weighted by Crippen LogP contribution is 2.50. The topological polar surface area (TPSA) is 182 Å². The van der Waals surface area contributed by atoms with E-state index in [4.69, 9.17) is 14.2 Å². The van der Waals surface area contributed by atoms with Crippen LogP contribution in [0.2, 0.25) is 0 Å². The fraction of sp³-hybridized carbons (Fsp3) is 0.575. The predicted molar refractivity (Wildman–Crippen MR) is 205 cm³/mol. The Labute approximate surface area is 334 Å². The van der Waals surface area contributed by atoms with Crippen molar-refractivity contribution in [3.8, 4) is 11.5 Å². The Balaban J connectivity index is 1.27. The van der Waals surface area contributed by atoms with Crippen LogP contribution in [0.3, 0.4) is 0 Å². The number of alkyl halides is 3. The van der Waals surface area contributed by atoms with E-state index in [1.165, 1.54) is 44.4 Å². The number of ether oxygens (including phenoxy) is 3. The molecular formula is C40H48F3N5O9S. The monoisotopic (exact) mass is 831 g/mol. The summed E-state index contributed by atoms with van der Waals surface area (Å²) in [6.07, 6.45) is 3.87. The average Bonchev–Trinajstić information content (AvgIpc) is 4.06. The van der Waals surface area contributed by atoms with Crippen LogP contribution >= 0.6 is 0 Å². The number of amides is 4. The van der Waals surface area contributed by atoms with Crippen molar-refractivity contribution in [2.75, 3.05) is 20.3 Å². The molecule has 1 unspecified atom stereocenters. The highest BCUT2D eigenvalue weighted by atomic mass is 32.2. The number of halogens is 3. The maximum atomic E-state index is 14.7. The second kappa shape index (κ2) is 15.1. The van der Waals surface area contributed by atoms with Crippen molar-refractivity contribution in [3.63, 3.8) is 0 Å². The lowest BCUT2D eigenvalue weighted by atomic mass is 9.93. The number of nitrogens with zero attached hydrogens (tertiary/aromatic N) is 2. The first-order valence-electron chi connectivity index (χ1n) is 19.6. The minimum Gasteiger partial charge on any atom is -0.497 e. The summed E-state index contributed by atoms with van der Waals surface area (Å²) >= 11 is 0. The van der Waals surface area contributed by atoms with Gasteiger partial charge in [-0.1, -0.05) is 44.9 Å². The smallest absolute Gasteiger partial charge is 0.437 e. The Bertz CT molecular complexity index is 2190. The van der Waals surface area contributed by atoms with Gasteiger partial charge >= 0.3 is 12.3 Å². The number of carbonyl (C=O) groups is 4. The molecule has 1 aromatic heterocycles. The Morgan fingerprint density at radius 2 is 1.90 bits per heavy atom. The van der Waals surface area contributed by atoms with E-state index in [-0.39, 0.29) is 42.9 Å². The number of allylic oxidation sites excluding steroid dienone is 1. The zero-order valence-corrected chi connectivity index (χ0v) is 33.6. The first-order valence-corrected chi connectivity index (χ1v) is 21.1. The Morgan fingerprint density at radius 1 is 1.14 bits per heavy atom. The number of methoxy groups -OCH3 is 1. The normalized spacial score (nSPS) is 28.6. The van der Waals surface area contributed by atoms with Crippen LogP contribution in [0.1, 0.15) is 89.8 Å². The molecule has 18 heteroatoms. The second-order valence-corrected chi connectivity index (χ2v) is 18.9. The number of hydrogen-bond acceptors (Lipinski definition) is 10. The van der Waals surface area contributed by atoms with Gasteiger partial charge in [0.05, 0.1) is 30.5 Å². The van der Waals surface area contributed by atoms with E-state index in [1.807, 2.05) is 19.9 Å². The fourth-order valence-electron chi connectivity index (χ4n) is 7.87. The maximum Gasteiger partial charge on any atom is 0.437 e. The van der Waals surface area contributed by atoms with E-state index < -0.39 is 91.9 Å². The quantitative estimate of drug-likeness (QED) is 0.316. The van der Waals surface area contributed by atoms with E-state index in [1.54, 1.807) is 6.08 Å². The standard InChI is InChI=1S/C40H48F3N5O9S/c1-23(2)21-56-36(52)45-29-11-9-7-5-6-8-10-24-19-39(24,35(51)47-58(53,54)37(3)16-17-37)46-33(49)30-20-38(22-48(30)34(29)50)15-14-26-27-18-25(55-4)12-13-28(27)44-32(31(26)57-38)40(41,42)43/h8,10,12-15,18,23-24,29-30H,5-7,9,11,16-17,19-22H2,1-4H3,(H,45,52)(H,46,49)(H,47,51)/b10-8+/t24?,29-,30-,38-,39+/m0/s1. The summed E-state index contributed by atoms with van der Waals surface area (Å²) in [5.41, 5.74) is -4.57. The number of nitrogens with one attached hydrogen (secondary N) is 3. The summed E-state index contributed by atoms with van der Waals surface area (Å²) in [7, 11) is -2.68. The average molecular weight is 832 g/mol. The lowest BCUT2D eigenvalue weighted by Crippen LogP contribution is -2.58. The third kappa shape index (κ3) is 7.95. The van der Waals surface area contributed by atoms with E-state index in [2.05, 4.69) is 20.3 Å². The van der Waals surface area contributed by atoms with Crippen molar-refractivity contribution < 1.29 is 55.0 Å². The van der Waals surface area contributed by atoms with Crippen LogP contribution in [0.25, 0.3) is 17.0 Å². The van der Waals surface area contributed by atoms with Gasteiger partial charge in [-0.2, -0.15) is 13.2 Å². The lowest BCUT2D eigenvalue weighted by Gasteiger charge is -2.33. The molecule has 1 spiro atoms. The number of carbonyl (C=O) groups excluding carboxylic acids is 4. The molecule has 7 rings (SSSR count). The number of fused-ring (bicyclic) bond motifs is 5. The molecule has 2 aliphatic carbocycles. The van der Waals surface area contributed by atoms with Gasteiger partial charge in [0.1, 0.15) is 29.0 Å². The molecule has 0 bridgehead atoms. The molecular weight excluding hydrogens is 784 g/mol. The Morgan fingerprint density at radius 3 is 2.59 bits per heavy atom. The van der Waals surface area contributed by atoms with E-state index in [9.17, 15) is 40.8 Å². The molecule has 2 saturated carbocycles. The van der Waals surface area contributed by atoms with Gasteiger partial charge in [0, 0.05) is 23.3 Å². The first-order chi connectivity index (χ1) is 27.3. The van der Waals surface area contributed by atoms with Gasteiger partial charge in [0.2, 0.25) is 21.8 Å². The summed E-state index contributed by atoms with van der Waals surface area (Å²) in [6, 6.07) is 1.80. The molecule has 5 atom stereocenters. The number of benzene rings is 1. The number of sulfonamides is 1. The van der Waals surface area contributed by atoms with Gasteiger partial charge in [-0.15, -0.1) is 0 Å². The van der Waals surface area contributed by atoms with Crippen molar-refractivity contribution in [2.45, 2.75) is 113 Å². The van der Waals surface area contributed by atoms with Gasteiger partial charge in [-0.25, -0.2) is 18.2 Å². The van der Waals surface area contributed by atoms with E-state index in [0.717, 1.165) is 4.90 Å². The Kier molecular flexibility index (Phi) is 10.7. The molecule has 4 amide bonds. The lowest BCUT2D eigenvalue weighted by molar-refractivity contribution is -0.143. The molecule has 314 valence electrons. The molecule has 5 aliphatic rings. The molecule has 0 radical (unpaired) electrons. The largest absolute Gasteiger partial charge is 0.497 e. The van der Waals surface area contributed by atoms with Crippen molar-refractivity contribution in [1.29, 1.82) is 0 Å². The minimum absolute atomic E-state index is 0.000698. The van der Waals surface area contributed by atoms with Crippen molar-refractivity contribution in [1.82, 2.24) is 25.2 Å². The third-order valence-corrected chi connectivity index (χ3v) is 13.9. The van der Waals surface area contributed by atoms with Crippen molar-refractivity contribution >= 4 is 50.8 Å². The molecule has 2 aromatic rings. The zero-order valence-electron chi connectivity index (χ0n) is 32.7. The van der Waals surface area contributed by atoms with Crippen LogP contribution in [0.5, 0.6) is 11.5 Å². The molecule has 3 aliphatic heterocycles. The highest BCUT2D eigenvalue weighted by Gasteiger charge is 2.64. The summed E-state index contributed by atoms with van der Waals surface area (Å²) in [4.78, 5) is 61.2. The summed E-state index contributed by atoms with van der Waals surface area (Å²) in [6.45, 7) is 4.88. The number of rotatable bonds is 7. The van der Waals surface area contributed by atoms with Gasteiger partial charge in [0.15, 0.2) is 11.4 Å². The van der Waals surface area contributed by atoms with E-state index >= 15 is 0 Å². The van der Waals surface area contributed by atoms with Crippen LogP contribution < -0.4 is 24.8 Å². The fourth-order valence-corrected chi connectivity index (χ4v) is 9.18. The number of hydrogen-bond donors (Lipinski definition) is 3. The van der Waals surface area contributed by atoms with Gasteiger partial charge in [-0.05, 0) is 75.6 Å². The predicted octanol–water partition coefficient (Wildman–Crippen LogP) is 5.15. The summed E-state index contributed by atoms with van der Waals surface area (Å²) in [5.74, 6) is -3.27. The van der Waals surface area contributed by atoms with Crippen LogP contribution in [0, 0.1) is 11.8 Å². The van der Waals surface area contributed by atoms with E-state index in [0.29, 0.717) is 49.7 Å². The number of alkyl carbamates (subject to hydrolysis) is 1. The van der Waals surface area contributed by atoms with Crippen molar-refractivity contribution in [2.24, 2.45) is 11.8 Å². The molecule has 3 N–H and O–H groups in total. The molecule has 14 nitrogen and oxygen atoms in total. The van der Waals surface area contributed by atoms with Gasteiger partial charge in [-0.3, -0.25) is 19.1 Å². The van der Waals surface area contributed by atoms with Crippen molar-refractivity contribution in [3.05, 3.63) is 47.7 Å². The molecule has 1 aromatic carbocycles. The SMILES string of the molecule is COc1ccc2nc(C(F)(F)F)c3c(c2c1)C=C[C@@]1(C[C@H]2C(=O)N[C@]4(C(=O)NS(=O)(=O)C5(C)CC5)CC4/C=C/CCCCC[C@H](NC(=O)OCC(C)C)C(=O)N2C1)O3. The van der Waals surface area contributed by atoms with Gasteiger partial charge in [0.25, 0.3) is 5.91 Å². The van der Waals surface area contributed by atoms with Crippen LogP contribution in [0.15, 0.2) is 36.4 Å². The summed E-state index contributed by atoms with van der Waals surface area (Å²) in [5, 5.41) is 5.72. The molecule has 58 heavy (non-hydrogen) atoms. The van der Waals surface area contributed by atoms with Gasteiger partial charge < -0.3 is 29.7 Å². The number of pyridine rings is 1. The molecule has 3 fully saturated rings. The van der Waals surface area contributed by atoms with Crippen LogP contribution in [0.4, 0.5) is 18.0 Å². The maximum absolute atomic E-state index is 14.7. The molecule has 1 saturated heterocycles. The second-order valence-electron chi connectivity index (χ2n) is 16.7. The third-order valence-electron chi connectivity index (χ3n) is 11.7. The van der Waals surface area contributed by atoms with Crippen LogP contribution in [-0.4, -0.2) is 90.3 Å². The van der Waals surface area contributed by atoms with Crippen LogP contribution in [-0.2, 0) is 35.3 Å². The molecule has 4 heterocycles. The summed E-state index contributed by atoms with van der Waals surface area (Å²) < 4.78 is 88.5. The minimum atomic E-state index is -4.96. The zero-order chi connectivity index (χ0) is 41.8. The number of aromatic nitrogens is 1. The highest BCUT2D eigenvalue weighted by molar-refractivity contribution is 7.91. The Hall–Kier alpha value is -4.87. The first kappa shape index (κ1) is 41.3.